The lowest BCUT2D eigenvalue weighted by atomic mass is 9.94. The molecule has 4 nitrogen and oxygen atoms in total. The molecule has 0 unspecified atom stereocenters. The van der Waals surface area contributed by atoms with Crippen LogP contribution in [0, 0.1) is 0 Å². The molecule has 0 spiro atoms. The van der Waals surface area contributed by atoms with Crippen molar-refractivity contribution in [2.45, 2.75) is 18.4 Å². The summed E-state index contributed by atoms with van der Waals surface area (Å²) in [6, 6.07) is 3.87. The minimum Gasteiger partial charge on any atom is -0.388 e. The number of carbonyl (C=O) groups excluding carboxylic acids is 1. The first-order valence-electron chi connectivity index (χ1n) is 6.09. The number of amides is 1. The molecule has 2 heterocycles. The summed E-state index contributed by atoms with van der Waals surface area (Å²) < 4.78 is 6.22. The van der Waals surface area contributed by atoms with Crippen LogP contribution in [0.4, 0.5) is 0 Å². The molecule has 0 atom stereocenters. The molecule has 0 aromatic carbocycles. The SMILES string of the molecule is O=C(/C=C/c1ccc(Br)s1)NCC1(O)CCOCC1. The Kier molecular flexibility index (Phi) is 5.15. The highest BCUT2D eigenvalue weighted by atomic mass is 79.9. The van der Waals surface area contributed by atoms with Gasteiger partial charge < -0.3 is 15.2 Å². The summed E-state index contributed by atoms with van der Waals surface area (Å²) in [5.41, 5.74) is -0.826. The summed E-state index contributed by atoms with van der Waals surface area (Å²) in [4.78, 5) is 12.7. The number of carbonyl (C=O) groups is 1. The first kappa shape index (κ1) is 14.7. The number of thiophene rings is 1. The predicted octanol–water partition coefficient (Wildman–Crippen LogP) is 2.18. The number of rotatable bonds is 4. The van der Waals surface area contributed by atoms with Gasteiger partial charge in [-0.05, 0) is 34.1 Å². The molecule has 0 saturated carbocycles. The standard InChI is InChI=1S/C13H16BrNO3S/c14-11-3-1-10(19-11)2-4-12(16)15-9-13(17)5-7-18-8-6-13/h1-4,17H,5-9H2,(H,15,16)/b4-2+. The van der Waals surface area contributed by atoms with Gasteiger partial charge >= 0.3 is 0 Å². The van der Waals surface area contributed by atoms with E-state index in [2.05, 4.69) is 21.2 Å². The largest absolute Gasteiger partial charge is 0.388 e. The third-order valence-electron chi connectivity index (χ3n) is 3.01. The van der Waals surface area contributed by atoms with E-state index in [1.54, 1.807) is 17.4 Å². The second-order valence-electron chi connectivity index (χ2n) is 4.53. The zero-order valence-corrected chi connectivity index (χ0v) is 12.8. The van der Waals surface area contributed by atoms with Crippen LogP contribution in [-0.4, -0.2) is 36.4 Å². The first-order valence-corrected chi connectivity index (χ1v) is 7.70. The third kappa shape index (κ3) is 4.72. The van der Waals surface area contributed by atoms with E-state index in [0.717, 1.165) is 8.66 Å². The fraction of sp³-hybridized carbons (Fsp3) is 0.462. The van der Waals surface area contributed by atoms with Crippen molar-refractivity contribution in [3.63, 3.8) is 0 Å². The Labute approximate surface area is 124 Å². The van der Waals surface area contributed by atoms with E-state index in [0.29, 0.717) is 26.1 Å². The molecule has 104 valence electrons. The van der Waals surface area contributed by atoms with Crippen LogP contribution in [0.25, 0.3) is 6.08 Å². The van der Waals surface area contributed by atoms with Gasteiger partial charge in [-0.25, -0.2) is 0 Å². The molecule has 2 rings (SSSR count). The van der Waals surface area contributed by atoms with Crippen molar-refractivity contribution in [1.82, 2.24) is 5.32 Å². The van der Waals surface area contributed by atoms with E-state index in [1.165, 1.54) is 6.08 Å². The van der Waals surface area contributed by atoms with Gasteiger partial charge in [-0.3, -0.25) is 4.79 Å². The van der Waals surface area contributed by atoms with Crippen molar-refractivity contribution in [2.24, 2.45) is 0 Å². The number of nitrogens with one attached hydrogen (secondary N) is 1. The maximum Gasteiger partial charge on any atom is 0.244 e. The summed E-state index contributed by atoms with van der Waals surface area (Å²) in [6.07, 6.45) is 4.38. The molecule has 1 aliphatic rings. The Morgan fingerprint density at radius 2 is 2.26 bits per heavy atom. The molecule has 1 aromatic rings. The van der Waals surface area contributed by atoms with Gasteiger partial charge in [0, 0.05) is 43.6 Å². The lowest BCUT2D eigenvalue weighted by molar-refractivity contribution is -0.119. The lowest BCUT2D eigenvalue weighted by Crippen LogP contribution is -2.46. The third-order valence-corrected chi connectivity index (χ3v) is 4.60. The average molecular weight is 346 g/mol. The Balaban J connectivity index is 1.79. The van der Waals surface area contributed by atoms with Crippen LogP contribution in [0.5, 0.6) is 0 Å². The molecule has 1 amide bonds. The highest BCUT2D eigenvalue weighted by molar-refractivity contribution is 9.11. The highest BCUT2D eigenvalue weighted by Crippen LogP contribution is 2.23. The molecular weight excluding hydrogens is 330 g/mol. The molecule has 1 aliphatic heterocycles. The van der Waals surface area contributed by atoms with Crippen molar-refractivity contribution in [1.29, 1.82) is 0 Å². The van der Waals surface area contributed by atoms with Crippen LogP contribution in [0.1, 0.15) is 17.7 Å². The van der Waals surface area contributed by atoms with Gasteiger partial charge in [0.1, 0.15) is 0 Å². The normalized spacial score (nSPS) is 18.6. The molecule has 6 heteroatoms. The second-order valence-corrected chi connectivity index (χ2v) is 7.02. The molecule has 0 radical (unpaired) electrons. The molecule has 1 saturated heterocycles. The van der Waals surface area contributed by atoms with Crippen LogP contribution < -0.4 is 5.32 Å². The number of hydrogen-bond acceptors (Lipinski definition) is 4. The minimum absolute atomic E-state index is 0.190. The maximum absolute atomic E-state index is 11.7. The molecular formula is C13H16BrNO3S. The van der Waals surface area contributed by atoms with Gasteiger partial charge in [0.15, 0.2) is 0 Å². The number of halogens is 1. The second kappa shape index (κ2) is 6.65. The Morgan fingerprint density at radius 1 is 1.53 bits per heavy atom. The average Bonchev–Trinajstić information content (AvgIpc) is 2.81. The van der Waals surface area contributed by atoms with Crippen molar-refractivity contribution in [2.75, 3.05) is 19.8 Å². The number of aliphatic hydroxyl groups is 1. The monoisotopic (exact) mass is 345 g/mol. The summed E-state index contributed by atoms with van der Waals surface area (Å²) in [7, 11) is 0. The van der Waals surface area contributed by atoms with Crippen molar-refractivity contribution in [3.05, 3.63) is 26.9 Å². The highest BCUT2D eigenvalue weighted by Gasteiger charge is 2.29. The van der Waals surface area contributed by atoms with E-state index in [4.69, 9.17) is 4.74 Å². The number of ether oxygens (including phenoxy) is 1. The first-order chi connectivity index (χ1) is 9.07. The molecule has 0 bridgehead atoms. The van der Waals surface area contributed by atoms with Crippen LogP contribution in [0.3, 0.4) is 0 Å². The molecule has 1 fully saturated rings. The van der Waals surface area contributed by atoms with Crippen molar-refractivity contribution >= 4 is 39.2 Å². The quantitative estimate of drug-likeness (QED) is 0.822. The molecule has 2 N–H and O–H groups in total. The Morgan fingerprint density at radius 3 is 2.89 bits per heavy atom. The van der Waals surface area contributed by atoms with E-state index in [9.17, 15) is 9.90 Å². The van der Waals surface area contributed by atoms with Gasteiger partial charge in [-0.15, -0.1) is 11.3 Å². The predicted molar refractivity (Wildman–Crippen MR) is 79.1 cm³/mol. The smallest absolute Gasteiger partial charge is 0.244 e. The summed E-state index contributed by atoms with van der Waals surface area (Å²) in [6.45, 7) is 1.37. The van der Waals surface area contributed by atoms with E-state index in [-0.39, 0.29) is 12.5 Å². The van der Waals surface area contributed by atoms with E-state index < -0.39 is 5.60 Å². The zero-order valence-electron chi connectivity index (χ0n) is 10.4. The van der Waals surface area contributed by atoms with Crippen LogP contribution >= 0.6 is 27.3 Å². The summed E-state index contributed by atoms with van der Waals surface area (Å²) >= 11 is 4.93. The van der Waals surface area contributed by atoms with E-state index in [1.807, 2.05) is 12.1 Å². The molecule has 1 aromatic heterocycles. The maximum atomic E-state index is 11.7. The Bertz CT molecular complexity index is 466. The zero-order chi connectivity index (χ0) is 13.7. The van der Waals surface area contributed by atoms with E-state index >= 15 is 0 Å². The Hall–Kier alpha value is -0.690. The van der Waals surface area contributed by atoms with Crippen LogP contribution in [0.2, 0.25) is 0 Å². The fourth-order valence-corrected chi connectivity index (χ4v) is 3.14. The fourth-order valence-electron chi connectivity index (χ4n) is 1.81. The van der Waals surface area contributed by atoms with Gasteiger partial charge in [0.2, 0.25) is 5.91 Å². The van der Waals surface area contributed by atoms with Crippen LogP contribution in [-0.2, 0) is 9.53 Å². The number of hydrogen-bond donors (Lipinski definition) is 2. The molecule has 19 heavy (non-hydrogen) atoms. The molecule has 0 aliphatic carbocycles. The minimum atomic E-state index is -0.826. The van der Waals surface area contributed by atoms with Gasteiger partial charge in [-0.1, -0.05) is 0 Å². The van der Waals surface area contributed by atoms with Gasteiger partial charge in [0.25, 0.3) is 0 Å². The van der Waals surface area contributed by atoms with Gasteiger partial charge in [0.05, 0.1) is 9.39 Å². The van der Waals surface area contributed by atoms with Crippen molar-refractivity contribution in [3.8, 4) is 0 Å². The van der Waals surface area contributed by atoms with Crippen LogP contribution in [0.15, 0.2) is 22.0 Å². The topological polar surface area (TPSA) is 58.6 Å². The summed E-state index contributed by atoms with van der Waals surface area (Å²) in [5, 5.41) is 12.9. The lowest BCUT2D eigenvalue weighted by Gasteiger charge is -2.31. The summed E-state index contributed by atoms with van der Waals surface area (Å²) in [5.74, 6) is -0.190. The van der Waals surface area contributed by atoms with Crippen molar-refractivity contribution < 1.29 is 14.6 Å². The van der Waals surface area contributed by atoms with Gasteiger partial charge in [-0.2, -0.15) is 0 Å².